The molecular weight excluding hydrogens is 368 g/mol. The number of benzene rings is 1. The highest BCUT2D eigenvalue weighted by Gasteiger charge is 2.36. The van der Waals surface area contributed by atoms with Crippen molar-refractivity contribution < 1.29 is 14.6 Å². The number of carboxylic acid groups (broad SMARTS) is 1. The number of aromatic nitrogens is 2. The van der Waals surface area contributed by atoms with Crippen LogP contribution in [0.15, 0.2) is 30.6 Å². The highest BCUT2D eigenvalue weighted by Crippen LogP contribution is 2.52. The minimum Gasteiger partial charge on any atom is -0.493 e. The lowest BCUT2D eigenvalue weighted by molar-refractivity contribution is -0.136. The molecule has 0 atom stereocenters. The van der Waals surface area contributed by atoms with Crippen molar-refractivity contribution in [2.24, 2.45) is 0 Å². The Morgan fingerprint density at radius 1 is 1.23 bits per heavy atom. The molecule has 1 N–H and O–H groups in total. The highest BCUT2D eigenvalue weighted by molar-refractivity contribution is 8.16. The normalized spacial score (nSPS) is 14.5. The minimum absolute atomic E-state index is 0.00708. The first-order chi connectivity index (χ1) is 12.6. The molecule has 0 bridgehead atoms. The Labute approximate surface area is 161 Å². The lowest BCUT2D eigenvalue weighted by Crippen LogP contribution is -2.26. The van der Waals surface area contributed by atoms with E-state index in [0.717, 1.165) is 24.3 Å². The third kappa shape index (κ3) is 3.97. The fraction of sp³-hybridized carbons (Fsp3) is 0.316. The zero-order chi connectivity index (χ0) is 18.6. The zero-order valence-electron chi connectivity index (χ0n) is 14.5. The molecule has 5 nitrogen and oxygen atoms in total. The van der Waals surface area contributed by atoms with Crippen LogP contribution in [0, 0.1) is 11.8 Å². The maximum atomic E-state index is 10.7. The summed E-state index contributed by atoms with van der Waals surface area (Å²) in [4.78, 5) is 18.7. The average molecular weight is 386 g/mol. The predicted molar refractivity (Wildman–Crippen MR) is 105 cm³/mol. The van der Waals surface area contributed by atoms with Gasteiger partial charge in [-0.2, -0.15) is 0 Å². The average Bonchev–Trinajstić information content (AvgIpc) is 2.66. The molecule has 0 fully saturated rings. The van der Waals surface area contributed by atoms with Gasteiger partial charge in [0.25, 0.3) is 0 Å². The van der Waals surface area contributed by atoms with Gasteiger partial charge >= 0.3 is 5.97 Å². The molecule has 0 saturated carbocycles. The van der Waals surface area contributed by atoms with Crippen LogP contribution in [0.5, 0.6) is 5.75 Å². The predicted octanol–water partition coefficient (Wildman–Crippen LogP) is 3.16. The van der Waals surface area contributed by atoms with Gasteiger partial charge in [-0.05, 0) is 30.7 Å². The van der Waals surface area contributed by atoms with E-state index in [9.17, 15) is 4.79 Å². The molecule has 2 aromatic rings. The monoisotopic (exact) mass is 386 g/mol. The Kier molecular flexibility index (Phi) is 5.74. The molecule has 0 amide bonds. The summed E-state index contributed by atoms with van der Waals surface area (Å²) in [7, 11) is 0. The van der Waals surface area contributed by atoms with E-state index in [1.165, 1.54) is 5.56 Å². The van der Waals surface area contributed by atoms with E-state index in [1.807, 2.05) is 35.7 Å². The molecule has 0 unspecified atom stereocenters. The Bertz CT molecular complexity index is 869. The molecule has 1 aliphatic heterocycles. The second kappa shape index (κ2) is 8.02. The van der Waals surface area contributed by atoms with Crippen molar-refractivity contribution in [3.63, 3.8) is 0 Å². The van der Waals surface area contributed by atoms with E-state index in [1.54, 1.807) is 12.4 Å². The summed E-state index contributed by atoms with van der Waals surface area (Å²) in [5.74, 6) is 6.42. The SMILES string of the molecule is CSC1(SC)CCOc2ccc(C#Cc3cnc(CC(=O)O)nc3)cc21. The summed E-state index contributed by atoms with van der Waals surface area (Å²) in [6, 6.07) is 6.02. The highest BCUT2D eigenvalue weighted by atomic mass is 32.2. The van der Waals surface area contributed by atoms with Gasteiger partial charge in [-0.3, -0.25) is 4.79 Å². The molecule has 1 aromatic carbocycles. The standard InChI is InChI=1S/C19H18N2O3S2/c1-25-19(26-2)7-8-24-16-6-5-13(9-15(16)19)3-4-14-11-20-17(21-12-14)10-18(22)23/h5-6,9,11-12H,7-8,10H2,1-2H3,(H,22,23). The van der Waals surface area contributed by atoms with Crippen molar-refractivity contribution in [1.29, 1.82) is 0 Å². The molecule has 134 valence electrons. The van der Waals surface area contributed by atoms with Gasteiger partial charge in [0.15, 0.2) is 0 Å². The van der Waals surface area contributed by atoms with Crippen molar-refractivity contribution in [2.45, 2.75) is 16.9 Å². The molecule has 3 rings (SSSR count). The second-order valence-electron chi connectivity index (χ2n) is 5.68. The maximum Gasteiger partial charge on any atom is 0.311 e. The minimum atomic E-state index is -0.953. The van der Waals surface area contributed by atoms with Gasteiger partial charge < -0.3 is 9.84 Å². The molecule has 0 saturated heterocycles. The molecule has 26 heavy (non-hydrogen) atoms. The van der Waals surface area contributed by atoms with Crippen molar-refractivity contribution in [1.82, 2.24) is 9.97 Å². The van der Waals surface area contributed by atoms with Gasteiger partial charge in [0.1, 0.15) is 18.0 Å². The van der Waals surface area contributed by atoms with Crippen LogP contribution in [-0.2, 0) is 15.3 Å². The summed E-state index contributed by atoms with van der Waals surface area (Å²) < 4.78 is 5.80. The first-order valence-corrected chi connectivity index (χ1v) is 10.4. The van der Waals surface area contributed by atoms with Crippen LogP contribution in [-0.4, -0.2) is 40.2 Å². The van der Waals surface area contributed by atoms with Gasteiger partial charge in [-0.1, -0.05) is 11.8 Å². The number of thioether (sulfide) groups is 2. The smallest absolute Gasteiger partial charge is 0.311 e. The lowest BCUT2D eigenvalue weighted by atomic mass is 10.0. The molecular formula is C19H18N2O3S2. The largest absolute Gasteiger partial charge is 0.493 e. The van der Waals surface area contributed by atoms with E-state index < -0.39 is 5.97 Å². The van der Waals surface area contributed by atoms with Crippen molar-refractivity contribution in [3.8, 4) is 17.6 Å². The first-order valence-electron chi connectivity index (χ1n) is 7.98. The van der Waals surface area contributed by atoms with Crippen LogP contribution in [0.1, 0.15) is 28.9 Å². The number of aliphatic carboxylic acids is 1. The third-order valence-electron chi connectivity index (χ3n) is 4.10. The number of nitrogens with zero attached hydrogens (tertiary/aromatic N) is 2. The zero-order valence-corrected chi connectivity index (χ0v) is 16.1. The van der Waals surface area contributed by atoms with E-state index in [4.69, 9.17) is 9.84 Å². The molecule has 1 aliphatic rings. The number of fused-ring (bicyclic) bond motifs is 1. The third-order valence-corrected chi connectivity index (χ3v) is 7.27. The van der Waals surface area contributed by atoms with Gasteiger partial charge in [0, 0.05) is 29.9 Å². The fourth-order valence-corrected chi connectivity index (χ4v) is 4.76. The molecule has 2 heterocycles. The van der Waals surface area contributed by atoms with Crippen LogP contribution >= 0.6 is 23.5 Å². The van der Waals surface area contributed by atoms with Gasteiger partial charge in [0.05, 0.1) is 16.2 Å². The lowest BCUT2D eigenvalue weighted by Gasteiger charge is -2.36. The van der Waals surface area contributed by atoms with Crippen LogP contribution < -0.4 is 4.74 Å². The number of rotatable bonds is 4. The topological polar surface area (TPSA) is 72.3 Å². The quantitative estimate of drug-likeness (QED) is 0.639. The van der Waals surface area contributed by atoms with Crippen molar-refractivity contribution in [3.05, 3.63) is 53.1 Å². The molecule has 1 aromatic heterocycles. The fourth-order valence-electron chi connectivity index (χ4n) is 2.76. The molecule has 0 radical (unpaired) electrons. The van der Waals surface area contributed by atoms with Gasteiger partial charge in [0.2, 0.25) is 0 Å². The van der Waals surface area contributed by atoms with Crippen molar-refractivity contribution >= 4 is 29.5 Å². The van der Waals surface area contributed by atoms with Crippen LogP contribution in [0.2, 0.25) is 0 Å². The van der Waals surface area contributed by atoms with Crippen LogP contribution in [0.3, 0.4) is 0 Å². The summed E-state index contributed by atoms with van der Waals surface area (Å²) in [5, 5.41) is 8.75. The summed E-state index contributed by atoms with van der Waals surface area (Å²) in [6.07, 6.45) is 8.11. The van der Waals surface area contributed by atoms with E-state index in [2.05, 4.69) is 40.4 Å². The number of ether oxygens (including phenoxy) is 1. The van der Waals surface area contributed by atoms with Gasteiger partial charge in [-0.15, -0.1) is 23.5 Å². The Morgan fingerprint density at radius 3 is 2.58 bits per heavy atom. The Hall–Kier alpha value is -2.17. The number of hydrogen-bond donors (Lipinski definition) is 1. The Balaban J connectivity index is 1.86. The summed E-state index contributed by atoms with van der Waals surface area (Å²) >= 11 is 3.66. The van der Waals surface area contributed by atoms with Gasteiger partial charge in [-0.25, -0.2) is 9.97 Å². The molecule has 0 aliphatic carbocycles. The number of carbonyl (C=O) groups is 1. The number of carboxylic acids is 1. The van der Waals surface area contributed by atoms with E-state index >= 15 is 0 Å². The number of hydrogen-bond acceptors (Lipinski definition) is 6. The second-order valence-corrected chi connectivity index (χ2v) is 8.15. The van der Waals surface area contributed by atoms with E-state index in [0.29, 0.717) is 5.56 Å². The van der Waals surface area contributed by atoms with Crippen LogP contribution in [0.4, 0.5) is 0 Å². The summed E-state index contributed by atoms with van der Waals surface area (Å²) in [5.41, 5.74) is 2.72. The maximum absolute atomic E-state index is 10.7. The molecule has 0 spiro atoms. The molecule has 7 heteroatoms. The Morgan fingerprint density at radius 2 is 1.92 bits per heavy atom. The van der Waals surface area contributed by atoms with E-state index in [-0.39, 0.29) is 16.3 Å². The first kappa shape index (κ1) is 18.6. The van der Waals surface area contributed by atoms with Crippen molar-refractivity contribution in [2.75, 3.05) is 19.1 Å². The summed E-state index contributed by atoms with van der Waals surface area (Å²) in [6.45, 7) is 0.722. The van der Waals surface area contributed by atoms with Crippen LogP contribution in [0.25, 0.3) is 0 Å².